The van der Waals surface area contributed by atoms with Crippen LogP contribution in [0.4, 0.5) is 22.8 Å². The Morgan fingerprint density at radius 2 is 1.80 bits per heavy atom. The van der Waals surface area contributed by atoms with Gasteiger partial charge in [0.15, 0.2) is 0 Å². The number of rotatable bonds is 18. The average molecular weight is 772 g/mol. The number of benzene rings is 2. The topological polar surface area (TPSA) is 148 Å². The fourth-order valence-corrected chi connectivity index (χ4v) is 6.79. The number of ether oxygens (including phenoxy) is 3. The number of amides is 4. The van der Waals surface area contributed by atoms with E-state index in [1.165, 1.54) is 0 Å². The van der Waals surface area contributed by atoms with Gasteiger partial charge < -0.3 is 44.9 Å². The van der Waals surface area contributed by atoms with Crippen molar-refractivity contribution >= 4 is 18.0 Å². The molecule has 2 fully saturated rings. The van der Waals surface area contributed by atoms with E-state index in [0.717, 1.165) is 23.8 Å². The first kappa shape index (κ1) is 41.5. The monoisotopic (exact) mass is 771 g/mol. The highest BCUT2D eigenvalue weighted by Crippen LogP contribution is 2.38. The van der Waals surface area contributed by atoms with Gasteiger partial charge in [-0.25, -0.2) is 27.7 Å². The van der Waals surface area contributed by atoms with Crippen LogP contribution in [0.25, 0.3) is 11.3 Å². The molecule has 0 aliphatic carbocycles. The van der Waals surface area contributed by atoms with Crippen LogP contribution in [0.1, 0.15) is 50.5 Å². The summed E-state index contributed by atoms with van der Waals surface area (Å²) in [6.07, 6.45) is 1.32. The van der Waals surface area contributed by atoms with Crippen LogP contribution in [0.5, 0.6) is 0 Å². The van der Waals surface area contributed by atoms with Gasteiger partial charge in [-0.2, -0.15) is 0 Å². The minimum Gasteiger partial charge on any atom is -0.447 e. The fourth-order valence-electron chi connectivity index (χ4n) is 6.79. The molecule has 13 nitrogen and oxygen atoms in total. The molecule has 0 radical (unpaired) electrons. The second kappa shape index (κ2) is 20.9. The highest BCUT2D eigenvalue weighted by atomic mass is 19.1. The number of hydrogen-bond donors (Lipinski definition) is 4. The number of alkyl carbamates (subject to hydrolysis) is 1. The largest absolute Gasteiger partial charge is 0.447 e. The summed E-state index contributed by atoms with van der Waals surface area (Å²) in [5.41, 5.74) is 1.11. The van der Waals surface area contributed by atoms with Crippen molar-refractivity contribution < 1.29 is 41.8 Å². The van der Waals surface area contributed by atoms with Gasteiger partial charge in [-0.3, -0.25) is 4.79 Å². The Kier molecular flexibility index (Phi) is 15.7. The summed E-state index contributed by atoms with van der Waals surface area (Å²) >= 11 is 0. The number of carbonyl (C=O) groups excluding carboxylic acids is 3. The van der Waals surface area contributed by atoms with Crippen LogP contribution in [0.3, 0.4) is 0 Å². The van der Waals surface area contributed by atoms with E-state index in [4.69, 9.17) is 19.2 Å². The third-order valence-corrected chi connectivity index (χ3v) is 9.71. The van der Waals surface area contributed by atoms with Crippen molar-refractivity contribution in [2.45, 2.75) is 57.9 Å². The molecule has 4 N–H and O–H groups in total. The normalized spacial score (nSPS) is 18.3. The maximum Gasteiger partial charge on any atom is 0.407 e. The molecular weight excluding hydrogens is 719 g/mol. The summed E-state index contributed by atoms with van der Waals surface area (Å²) in [7, 11) is 0. The molecular formula is C39H52F3N7O6. The Morgan fingerprint density at radius 3 is 2.51 bits per heavy atom. The summed E-state index contributed by atoms with van der Waals surface area (Å²) in [6.45, 7) is 6.13. The summed E-state index contributed by atoms with van der Waals surface area (Å²) in [6, 6.07) is 10.9. The zero-order chi connectivity index (χ0) is 39.2. The molecule has 5 rings (SSSR count). The van der Waals surface area contributed by atoms with Gasteiger partial charge >= 0.3 is 12.1 Å². The lowest BCUT2D eigenvalue weighted by atomic mass is 9.89. The second-order valence-corrected chi connectivity index (χ2v) is 13.9. The van der Waals surface area contributed by atoms with Gasteiger partial charge in [-0.05, 0) is 49.4 Å². The zero-order valence-electron chi connectivity index (χ0n) is 31.4. The lowest BCUT2D eigenvalue weighted by molar-refractivity contribution is -0.121. The van der Waals surface area contributed by atoms with Crippen molar-refractivity contribution in [2.24, 2.45) is 11.8 Å². The van der Waals surface area contributed by atoms with Crippen molar-refractivity contribution in [3.05, 3.63) is 77.8 Å². The number of urea groups is 1. The highest BCUT2D eigenvalue weighted by molar-refractivity contribution is 5.76. The number of hydrogen-bond acceptors (Lipinski definition) is 8. The maximum atomic E-state index is 15.3. The molecule has 2 aliphatic rings. The average Bonchev–Trinajstić information content (AvgIpc) is 3.79. The summed E-state index contributed by atoms with van der Waals surface area (Å²) in [5.74, 6) is -1.58. The van der Waals surface area contributed by atoms with Gasteiger partial charge in [-0.15, -0.1) is 0 Å². The van der Waals surface area contributed by atoms with Crippen LogP contribution in [0.15, 0.2) is 54.7 Å². The summed E-state index contributed by atoms with van der Waals surface area (Å²) in [5, 5.41) is 11.3. The van der Waals surface area contributed by atoms with E-state index in [9.17, 15) is 18.8 Å². The molecule has 4 amide bonds. The Balaban J connectivity index is 1.37. The van der Waals surface area contributed by atoms with E-state index in [1.807, 2.05) is 34.9 Å². The first-order valence-corrected chi connectivity index (χ1v) is 18.9. The van der Waals surface area contributed by atoms with E-state index < -0.39 is 47.9 Å². The lowest BCUT2D eigenvalue weighted by Gasteiger charge is -2.40. The molecule has 2 aromatic carbocycles. The molecule has 4 atom stereocenters. The Hall–Kier alpha value is -4.67. The van der Waals surface area contributed by atoms with Crippen LogP contribution in [-0.2, 0) is 25.5 Å². The number of imidazole rings is 1. The summed E-state index contributed by atoms with van der Waals surface area (Å²) in [4.78, 5) is 44.7. The molecule has 55 heavy (non-hydrogen) atoms. The van der Waals surface area contributed by atoms with E-state index in [0.29, 0.717) is 64.5 Å². The van der Waals surface area contributed by atoms with E-state index in [2.05, 4.69) is 21.3 Å². The molecule has 0 spiro atoms. The molecule has 0 saturated carbocycles. The molecule has 1 aromatic heterocycles. The van der Waals surface area contributed by atoms with Crippen molar-refractivity contribution in [3.63, 3.8) is 0 Å². The second-order valence-electron chi connectivity index (χ2n) is 13.9. The molecule has 3 heterocycles. The molecule has 4 unspecified atom stereocenters. The van der Waals surface area contributed by atoms with Gasteiger partial charge in [-0.1, -0.05) is 37.3 Å². The number of nitrogens with zero attached hydrogens (tertiary/aromatic N) is 3. The third kappa shape index (κ3) is 12.2. The van der Waals surface area contributed by atoms with Crippen LogP contribution < -0.4 is 21.3 Å². The fraction of sp³-hybridized carbons (Fsp3) is 0.538. The molecule has 2 aliphatic heterocycles. The standard InChI is InChI=1S/C39H52F3N7O6/c1-3-35(50)44-13-17-54-18-14-45-39(52)55-25-26(2)46-38(51)49(23-29-20-43-21-33(29)42)36(28-11-15-53-16-12-28)37-47-34(31-19-30(40)9-10-32(31)41)24-48(37)22-27-7-5-4-6-8-27/h4-10,19,24,26,28-29,33,36,43H,3,11-18,20-23,25H2,1-2H3,(H,44,50)(H,45,52)(H,46,51). The van der Waals surface area contributed by atoms with Gasteiger partial charge in [0.05, 0.1) is 31.0 Å². The molecule has 3 aromatic rings. The predicted octanol–water partition coefficient (Wildman–Crippen LogP) is 4.57. The first-order chi connectivity index (χ1) is 26.6. The van der Waals surface area contributed by atoms with Crippen LogP contribution in [-0.4, -0.2) is 110 Å². The molecule has 300 valence electrons. The Labute approximate surface area is 319 Å². The molecule has 2 saturated heterocycles. The van der Waals surface area contributed by atoms with Crippen LogP contribution >= 0.6 is 0 Å². The SMILES string of the molecule is CCC(=O)NCCOCCNC(=O)OCC(C)NC(=O)N(CC1CNCC1F)C(c1nc(-c2cc(F)ccc2F)cn1Cc1ccccc1)C1CCOCC1. The lowest BCUT2D eigenvalue weighted by Crippen LogP contribution is -2.52. The van der Waals surface area contributed by atoms with Crippen molar-refractivity contribution in [1.82, 2.24) is 35.7 Å². The van der Waals surface area contributed by atoms with Gasteiger partial charge in [0.2, 0.25) is 5.91 Å². The predicted molar refractivity (Wildman–Crippen MR) is 199 cm³/mol. The highest BCUT2D eigenvalue weighted by Gasteiger charge is 2.40. The Morgan fingerprint density at radius 1 is 1.05 bits per heavy atom. The minimum atomic E-state index is -1.20. The Bertz CT molecular complexity index is 1690. The number of carbonyl (C=O) groups is 3. The number of alkyl halides is 1. The van der Waals surface area contributed by atoms with E-state index >= 15 is 8.78 Å². The zero-order valence-corrected chi connectivity index (χ0v) is 31.4. The quantitative estimate of drug-likeness (QED) is 0.138. The van der Waals surface area contributed by atoms with Crippen molar-refractivity contribution in [2.75, 3.05) is 65.8 Å². The van der Waals surface area contributed by atoms with Gasteiger partial charge in [0.1, 0.15) is 30.2 Å². The van der Waals surface area contributed by atoms with Crippen molar-refractivity contribution in [3.8, 4) is 11.3 Å². The van der Waals surface area contributed by atoms with E-state index in [1.54, 1.807) is 24.9 Å². The van der Waals surface area contributed by atoms with Crippen molar-refractivity contribution in [1.29, 1.82) is 0 Å². The molecule has 0 bridgehead atoms. The van der Waals surface area contributed by atoms with Gasteiger partial charge in [0, 0.05) is 76.6 Å². The van der Waals surface area contributed by atoms with Crippen LogP contribution in [0, 0.1) is 23.5 Å². The van der Waals surface area contributed by atoms with Gasteiger partial charge in [0.25, 0.3) is 0 Å². The first-order valence-electron chi connectivity index (χ1n) is 18.9. The number of halogens is 3. The smallest absolute Gasteiger partial charge is 0.407 e. The summed E-state index contributed by atoms with van der Waals surface area (Å²) < 4.78 is 63.3. The van der Waals surface area contributed by atoms with E-state index in [-0.39, 0.29) is 55.9 Å². The minimum absolute atomic E-state index is 0.0188. The maximum absolute atomic E-state index is 15.3. The number of nitrogens with one attached hydrogen (secondary N) is 4. The third-order valence-electron chi connectivity index (χ3n) is 9.71. The number of aromatic nitrogens is 2. The van der Waals surface area contributed by atoms with Crippen LogP contribution in [0.2, 0.25) is 0 Å². The molecule has 16 heteroatoms.